The standard InChI is InChI=1S/C10H18N2.C10H14N2.2ClH.Co/c2*1-3-7-11-9(5-1)10-6-2-4-8-12-10;;;/h9-10H,1-8H2;1,3,5,10H,2,4,6-8H2;2*1H;/q2*-2;;;+2/p-2. The van der Waals surface area contributed by atoms with E-state index in [1.807, 2.05) is 0 Å². The zero-order chi connectivity index (χ0) is 19.2. The Morgan fingerprint density at radius 3 is 1.74 bits per heavy atom. The molecule has 4 aliphatic rings. The Kier molecular flexibility index (Phi) is 13.2. The molecule has 159 valence electrons. The fourth-order valence-electron chi connectivity index (χ4n) is 3.94. The summed E-state index contributed by atoms with van der Waals surface area (Å²) >= 11 is 0.382. The van der Waals surface area contributed by atoms with Gasteiger partial charge in [-0.05, 0) is 0 Å². The normalized spacial score (nSPS) is 30.7. The Bertz CT molecular complexity index is 414. The van der Waals surface area contributed by atoms with Crippen molar-refractivity contribution in [3.8, 4) is 0 Å². The van der Waals surface area contributed by atoms with Gasteiger partial charge in [-0.3, -0.25) is 0 Å². The molecule has 0 spiro atoms. The molecule has 0 amide bonds. The molecule has 0 aliphatic carbocycles. The molecule has 4 nitrogen and oxygen atoms in total. The average Bonchev–Trinajstić information content (AvgIpc) is 2.77. The number of halogens is 2. The van der Waals surface area contributed by atoms with E-state index in [-0.39, 0.29) is 0 Å². The summed E-state index contributed by atoms with van der Waals surface area (Å²) in [6, 6.07) is 1.60. The predicted molar refractivity (Wildman–Crippen MR) is 115 cm³/mol. The van der Waals surface area contributed by atoms with Crippen LogP contribution in [0.4, 0.5) is 0 Å². The topological polar surface area (TPSA) is 56.4 Å². The van der Waals surface area contributed by atoms with Crippen molar-refractivity contribution in [3.63, 3.8) is 0 Å². The molecule has 0 aromatic carbocycles. The van der Waals surface area contributed by atoms with Gasteiger partial charge in [-0.25, -0.2) is 0 Å². The van der Waals surface area contributed by atoms with Gasteiger partial charge >= 0.3 is 33.2 Å². The summed E-state index contributed by atoms with van der Waals surface area (Å²) in [5.41, 5.74) is 1.19. The van der Waals surface area contributed by atoms with Crippen molar-refractivity contribution in [1.29, 1.82) is 0 Å². The molecular formula is C20H32Cl2CoN4-4. The third kappa shape index (κ3) is 9.53. The number of piperidine rings is 3. The van der Waals surface area contributed by atoms with Gasteiger partial charge in [0.25, 0.3) is 0 Å². The molecular weight excluding hydrogens is 426 g/mol. The first-order valence-corrected chi connectivity index (χ1v) is 13.1. The van der Waals surface area contributed by atoms with Crippen LogP contribution in [-0.4, -0.2) is 44.3 Å². The first-order chi connectivity index (χ1) is 13.3. The summed E-state index contributed by atoms with van der Waals surface area (Å²) in [5.74, 6) is 0. The molecule has 3 fully saturated rings. The van der Waals surface area contributed by atoms with Crippen molar-refractivity contribution >= 4 is 20.3 Å². The minimum absolute atomic E-state index is 0.382. The average molecular weight is 458 g/mol. The van der Waals surface area contributed by atoms with Gasteiger partial charge in [0.2, 0.25) is 0 Å². The molecule has 0 radical (unpaired) electrons. The quantitative estimate of drug-likeness (QED) is 0.430. The molecule has 0 aromatic heterocycles. The van der Waals surface area contributed by atoms with Crippen molar-refractivity contribution in [3.05, 3.63) is 45.2 Å². The molecule has 0 aromatic rings. The molecule has 3 unspecified atom stereocenters. The Morgan fingerprint density at radius 2 is 1.33 bits per heavy atom. The van der Waals surface area contributed by atoms with Gasteiger partial charge in [0.1, 0.15) is 0 Å². The van der Waals surface area contributed by atoms with Crippen LogP contribution in [0, 0.1) is 0 Å². The van der Waals surface area contributed by atoms with Crippen molar-refractivity contribution < 1.29 is 12.9 Å². The third-order valence-corrected chi connectivity index (χ3v) is 5.35. The summed E-state index contributed by atoms with van der Waals surface area (Å²) in [6.45, 7) is 4.06. The van der Waals surface area contributed by atoms with Gasteiger partial charge in [-0.1, -0.05) is 69.9 Å². The van der Waals surface area contributed by atoms with Crippen LogP contribution < -0.4 is 0 Å². The van der Waals surface area contributed by atoms with Crippen LogP contribution in [0.2, 0.25) is 0 Å². The number of hydrogen-bond donors (Lipinski definition) is 0. The molecule has 27 heavy (non-hydrogen) atoms. The van der Waals surface area contributed by atoms with Crippen LogP contribution >= 0.6 is 20.3 Å². The first kappa shape index (κ1) is 23.5. The van der Waals surface area contributed by atoms with Crippen molar-refractivity contribution in [1.82, 2.24) is 0 Å². The second-order valence-corrected chi connectivity index (χ2v) is 8.98. The number of rotatable bonds is 2. The molecule has 3 saturated heterocycles. The molecule has 0 N–H and O–H groups in total. The number of allylic oxidation sites excluding steroid dienone is 2. The Labute approximate surface area is 180 Å². The van der Waals surface area contributed by atoms with Crippen LogP contribution in [0.5, 0.6) is 0 Å². The van der Waals surface area contributed by atoms with Gasteiger partial charge < -0.3 is 21.3 Å². The van der Waals surface area contributed by atoms with E-state index >= 15 is 0 Å². The number of hydrogen-bond acceptors (Lipinski definition) is 0. The SMILES string of the molecule is C1=CC[N-]C(C2CCCC[N-]2)=C1.C1CCC(C2CCCC[N-]2)[N-]C1.[Cl][Co][Cl]. The van der Waals surface area contributed by atoms with Gasteiger partial charge in [-0.2, -0.15) is 17.8 Å². The van der Waals surface area contributed by atoms with Crippen LogP contribution in [-0.2, 0) is 12.9 Å². The Balaban J connectivity index is 0.000000170. The molecule has 4 heterocycles. The summed E-state index contributed by atoms with van der Waals surface area (Å²) in [6.07, 6.45) is 18.0. The van der Waals surface area contributed by atoms with Crippen LogP contribution in [0.25, 0.3) is 21.3 Å². The van der Waals surface area contributed by atoms with Crippen LogP contribution in [0.15, 0.2) is 23.9 Å². The zero-order valence-electron chi connectivity index (χ0n) is 16.0. The minimum atomic E-state index is 0.382. The third-order valence-electron chi connectivity index (χ3n) is 5.35. The first-order valence-electron chi connectivity index (χ1n) is 10.2. The van der Waals surface area contributed by atoms with E-state index < -0.39 is 0 Å². The van der Waals surface area contributed by atoms with Crippen molar-refractivity contribution in [2.45, 2.75) is 75.9 Å². The zero-order valence-corrected chi connectivity index (χ0v) is 18.6. The van der Waals surface area contributed by atoms with Crippen LogP contribution in [0.1, 0.15) is 57.8 Å². The van der Waals surface area contributed by atoms with E-state index in [9.17, 15) is 0 Å². The Hall–Kier alpha value is 0.246. The molecule has 3 atom stereocenters. The molecule has 4 rings (SSSR count). The fourth-order valence-corrected chi connectivity index (χ4v) is 3.94. The van der Waals surface area contributed by atoms with Crippen molar-refractivity contribution in [2.75, 3.05) is 26.2 Å². The van der Waals surface area contributed by atoms with Gasteiger partial charge in [0.15, 0.2) is 0 Å². The second kappa shape index (κ2) is 15.1. The fraction of sp³-hybridized carbons (Fsp3) is 0.800. The molecule has 4 aliphatic heterocycles. The number of nitrogens with zero attached hydrogens (tertiary/aromatic N) is 4. The van der Waals surface area contributed by atoms with Crippen LogP contribution in [0.3, 0.4) is 0 Å². The molecule has 0 bridgehead atoms. The van der Waals surface area contributed by atoms with E-state index in [4.69, 9.17) is 20.3 Å². The van der Waals surface area contributed by atoms with E-state index in [0.29, 0.717) is 31.0 Å². The van der Waals surface area contributed by atoms with E-state index in [2.05, 4.69) is 39.5 Å². The Morgan fingerprint density at radius 1 is 0.778 bits per heavy atom. The summed E-state index contributed by atoms with van der Waals surface area (Å²) in [4.78, 5) is 0. The van der Waals surface area contributed by atoms with E-state index in [1.165, 1.54) is 63.5 Å². The maximum atomic E-state index is 4.73. The monoisotopic (exact) mass is 457 g/mol. The summed E-state index contributed by atoms with van der Waals surface area (Å²) < 4.78 is 0. The van der Waals surface area contributed by atoms with Gasteiger partial charge in [0.05, 0.1) is 0 Å². The van der Waals surface area contributed by atoms with E-state index in [1.54, 1.807) is 0 Å². The van der Waals surface area contributed by atoms with Gasteiger partial charge in [0, 0.05) is 0 Å². The molecule has 0 saturated carbocycles. The summed E-state index contributed by atoms with van der Waals surface area (Å²) in [5, 5.41) is 18.3. The summed E-state index contributed by atoms with van der Waals surface area (Å²) in [7, 11) is 9.47. The predicted octanol–water partition coefficient (Wildman–Crippen LogP) is 6.96. The van der Waals surface area contributed by atoms with Crippen molar-refractivity contribution in [2.24, 2.45) is 0 Å². The molecule has 7 heteroatoms. The van der Waals surface area contributed by atoms with E-state index in [0.717, 1.165) is 26.2 Å². The van der Waals surface area contributed by atoms with Gasteiger partial charge in [-0.15, -0.1) is 38.3 Å². The maximum absolute atomic E-state index is 4.73. The second-order valence-electron chi connectivity index (χ2n) is 7.26.